The number of hydrogen-bond acceptors (Lipinski definition) is 6. The molecule has 0 aliphatic heterocycles. The van der Waals surface area contributed by atoms with Crippen molar-refractivity contribution in [2.45, 2.75) is 154 Å². The van der Waals surface area contributed by atoms with Crippen LogP contribution in [0.25, 0.3) is 0 Å². The van der Waals surface area contributed by atoms with E-state index < -0.39 is 16.5 Å². The van der Waals surface area contributed by atoms with E-state index in [1.54, 1.807) is 0 Å². The lowest BCUT2D eigenvalue weighted by Gasteiger charge is -2.27. The van der Waals surface area contributed by atoms with Gasteiger partial charge in [0, 0.05) is 6.61 Å². The first kappa shape index (κ1) is 35.8. The molecule has 36 heavy (non-hydrogen) atoms. The summed E-state index contributed by atoms with van der Waals surface area (Å²) < 4.78 is 47.6. The minimum absolute atomic E-state index is 0.0649. The van der Waals surface area contributed by atoms with Crippen molar-refractivity contribution < 1.29 is 31.7 Å². The Bertz CT molecular complexity index is 542. The summed E-state index contributed by atoms with van der Waals surface area (Å²) in [7, 11) is -4.56. The van der Waals surface area contributed by atoms with Crippen molar-refractivity contribution in [1.82, 2.24) is 0 Å². The summed E-state index contributed by atoms with van der Waals surface area (Å²) in [5, 5.41) is 9.18. The van der Waals surface area contributed by atoms with Crippen LogP contribution >= 0.6 is 0 Å². The molecule has 2 atom stereocenters. The predicted molar refractivity (Wildman–Crippen MR) is 148 cm³/mol. The van der Waals surface area contributed by atoms with Crippen LogP contribution in [0.3, 0.4) is 0 Å². The van der Waals surface area contributed by atoms with Crippen LogP contribution in [0.4, 0.5) is 0 Å². The number of aliphatic hydroxyl groups is 1. The van der Waals surface area contributed by atoms with Crippen LogP contribution in [0.2, 0.25) is 0 Å². The maximum absolute atomic E-state index is 11.1. The fourth-order valence-electron chi connectivity index (χ4n) is 4.48. The molecule has 0 fully saturated rings. The van der Waals surface area contributed by atoms with Gasteiger partial charge >= 0.3 is 10.4 Å². The Balaban J connectivity index is 4.40. The highest BCUT2D eigenvalue weighted by Gasteiger charge is 2.25. The molecule has 218 valence electrons. The summed E-state index contributed by atoms with van der Waals surface area (Å²) in [6.45, 7) is 4.63. The van der Waals surface area contributed by atoms with Gasteiger partial charge in [-0.3, -0.25) is 4.55 Å². The van der Waals surface area contributed by atoms with Gasteiger partial charge in [0.2, 0.25) is 0 Å². The second-order valence-corrected chi connectivity index (χ2v) is 11.1. The molecule has 0 saturated heterocycles. The monoisotopic (exact) mass is 538 g/mol. The zero-order chi connectivity index (χ0) is 26.7. The van der Waals surface area contributed by atoms with E-state index in [0.29, 0.717) is 6.61 Å². The van der Waals surface area contributed by atoms with Gasteiger partial charge in [0.25, 0.3) is 0 Å². The van der Waals surface area contributed by atoms with Gasteiger partial charge in [0.15, 0.2) is 0 Å². The largest absolute Gasteiger partial charge is 0.397 e. The summed E-state index contributed by atoms with van der Waals surface area (Å²) in [4.78, 5) is 0. The van der Waals surface area contributed by atoms with Gasteiger partial charge in [0.1, 0.15) is 6.10 Å². The Morgan fingerprint density at radius 1 is 0.583 bits per heavy atom. The summed E-state index contributed by atoms with van der Waals surface area (Å²) in [6.07, 6.45) is 23.2. The number of rotatable bonds is 29. The average Bonchev–Trinajstić information content (AvgIpc) is 2.84. The van der Waals surface area contributed by atoms with E-state index in [1.807, 2.05) is 0 Å². The molecule has 0 aromatic heterocycles. The Morgan fingerprint density at radius 3 is 1.44 bits per heavy atom. The molecule has 0 amide bonds. The van der Waals surface area contributed by atoms with Crippen molar-refractivity contribution in [1.29, 1.82) is 0 Å². The lowest BCUT2D eigenvalue weighted by atomic mass is 10.0. The zero-order valence-corrected chi connectivity index (χ0v) is 24.3. The molecule has 0 radical (unpaired) electrons. The van der Waals surface area contributed by atoms with Crippen LogP contribution in [0, 0.1) is 0 Å². The van der Waals surface area contributed by atoms with Crippen molar-refractivity contribution >= 4 is 10.4 Å². The summed E-state index contributed by atoms with van der Waals surface area (Å²) >= 11 is 0. The highest BCUT2D eigenvalue weighted by Crippen LogP contribution is 2.18. The van der Waals surface area contributed by atoms with Gasteiger partial charge in [-0.05, 0) is 12.8 Å². The number of unbranched alkanes of at least 4 members (excludes halogenated alkanes) is 17. The molecule has 0 saturated carbocycles. The molecular weight excluding hydrogens is 480 g/mol. The first-order chi connectivity index (χ1) is 17.4. The third-order valence-electron chi connectivity index (χ3n) is 6.64. The molecule has 2 unspecified atom stereocenters. The van der Waals surface area contributed by atoms with Gasteiger partial charge in [-0.15, -0.1) is 0 Å². The summed E-state index contributed by atoms with van der Waals surface area (Å²) in [5.41, 5.74) is 0. The Kier molecular flexibility index (Phi) is 26.2. The third-order valence-corrected chi connectivity index (χ3v) is 7.08. The van der Waals surface area contributed by atoms with E-state index in [9.17, 15) is 13.5 Å². The molecule has 2 N–H and O–H groups in total. The van der Waals surface area contributed by atoms with Crippen LogP contribution in [-0.4, -0.2) is 56.7 Å². The Morgan fingerprint density at radius 2 is 1.00 bits per heavy atom. The lowest BCUT2D eigenvalue weighted by molar-refractivity contribution is -0.0981. The van der Waals surface area contributed by atoms with Crippen molar-refractivity contribution in [3.05, 3.63) is 0 Å². The quantitative estimate of drug-likeness (QED) is 0.0755. The second-order valence-electron chi connectivity index (χ2n) is 10.1. The maximum atomic E-state index is 11.1. The summed E-state index contributed by atoms with van der Waals surface area (Å²) in [5.74, 6) is 0. The molecule has 0 aliphatic carbocycles. The highest BCUT2D eigenvalue weighted by atomic mass is 32.3. The topological polar surface area (TPSA) is 102 Å². The van der Waals surface area contributed by atoms with Gasteiger partial charge in [-0.25, -0.2) is 4.18 Å². The van der Waals surface area contributed by atoms with E-state index in [0.717, 1.165) is 32.1 Å². The zero-order valence-electron chi connectivity index (χ0n) is 23.5. The van der Waals surface area contributed by atoms with Crippen molar-refractivity contribution in [2.75, 3.05) is 26.4 Å². The fourth-order valence-corrected chi connectivity index (χ4v) is 4.78. The molecule has 0 rings (SSSR count). The van der Waals surface area contributed by atoms with Crippen LogP contribution in [0.5, 0.6) is 0 Å². The number of ether oxygens (including phenoxy) is 2. The van der Waals surface area contributed by atoms with Crippen molar-refractivity contribution in [2.24, 2.45) is 0 Å². The van der Waals surface area contributed by atoms with Gasteiger partial charge in [-0.2, -0.15) is 8.42 Å². The minimum atomic E-state index is -4.56. The lowest BCUT2D eigenvalue weighted by Crippen LogP contribution is -2.37. The predicted octanol–water partition coefficient (Wildman–Crippen LogP) is 7.41. The molecule has 7 nitrogen and oxygen atoms in total. The van der Waals surface area contributed by atoms with E-state index >= 15 is 0 Å². The van der Waals surface area contributed by atoms with Crippen LogP contribution < -0.4 is 0 Å². The highest BCUT2D eigenvalue weighted by molar-refractivity contribution is 7.80. The maximum Gasteiger partial charge on any atom is 0.397 e. The van der Waals surface area contributed by atoms with E-state index in [1.165, 1.54) is 96.3 Å². The van der Waals surface area contributed by atoms with Gasteiger partial charge < -0.3 is 14.6 Å². The van der Waals surface area contributed by atoms with Gasteiger partial charge in [-0.1, -0.05) is 129 Å². The van der Waals surface area contributed by atoms with E-state index in [2.05, 4.69) is 18.0 Å². The normalized spacial score (nSPS) is 13.8. The van der Waals surface area contributed by atoms with Gasteiger partial charge in [0.05, 0.1) is 25.9 Å². The Hall–Kier alpha value is -0.250. The SMILES string of the molecule is CCCCCCCCCCCCOC(CCCCCCCCCCC)C(COS(=O)(=O)O)OCCO. The number of aliphatic hydroxyl groups excluding tert-OH is 1. The molecule has 8 heteroatoms. The standard InChI is InChI=1S/C28H58O7S/c1-3-5-7-9-11-13-15-17-19-21-24-33-27(22-20-18-16-14-12-10-8-6-4-2)28(34-25-23-29)26-35-36(30,31)32/h27-29H,3-26H2,1-2H3,(H,30,31,32). The van der Waals surface area contributed by atoms with Crippen LogP contribution in [0.15, 0.2) is 0 Å². The minimum Gasteiger partial charge on any atom is -0.394 e. The van der Waals surface area contributed by atoms with Crippen molar-refractivity contribution in [3.8, 4) is 0 Å². The molecular formula is C28H58O7S. The second kappa shape index (κ2) is 26.4. The molecule has 0 aliphatic rings. The smallest absolute Gasteiger partial charge is 0.394 e. The first-order valence-corrected chi connectivity index (χ1v) is 16.3. The fraction of sp³-hybridized carbons (Fsp3) is 1.00. The van der Waals surface area contributed by atoms with E-state index in [-0.39, 0.29) is 25.9 Å². The molecule has 0 heterocycles. The van der Waals surface area contributed by atoms with E-state index in [4.69, 9.17) is 14.0 Å². The molecule has 0 aromatic rings. The third kappa shape index (κ3) is 25.4. The van der Waals surface area contributed by atoms with Crippen LogP contribution in [-0.2, 0) is 24.1 Å². The van der Waals surface area contributed by atoms with Crippen molar-refractivity contribution in [3.63, 3.8) is 0 Å². The first-order valence-electron chi connectivity index (χ1n) is 14.9. The Labute approximate surface area is 223 Å². The molecule has 0 bridgehead atoms. The molecule has 0 spiro atoms. The summed E-state index contributed by atoms with van der Waals surface area (Å²) in [6, 6.07) is 0. The number of hydrogen-bond donors (Lipinski definition) is 2. The van der Waals surface area contributed by atoms with Crippen LogP contribution in [0.1, 0.15) is 142 Å². The molecule has 0 aromatic carbocycles. The average molecular weight is 539 g/mol.